The maximum absolute atomic E-state index is 2.32. The smallest absolute Gasteiger partial charge is 0.00638 e. The Labute approximate surface area is 121 Å². The normalized spacial score (nSPS) is 12.6. The minimum atomic E-state index is 0.431. The predicted molar refractivity (Wildman–Crippen MR) is 87.4 cm³/mol. The van der Waals surface area contributed by atoms with Gasteiger partial charge in [0, 0.05) is 5.92 Å². The van der Waals surface area contributed by atoms with Gasteiger partial charge in [-0.3, -0.25) is 0 Å². The summed E-state index contributed by atoms with van der Waals surface area (Å²) in [4.78, 5) is 0. The summed E-state index contributed by atoms with van der Waals surface area (Å²) in [6, 6.07) is 22.1. The van der Waals surface area contributed by atoms with Crippen molar-refractivity contribution in [3.8, 4) is 0 Å². The molecule has 0 bridgehead atoms. The van der Waals surface area contributed by atoms with Crippen LogP contribution in [0.2, 0.25) is 0 Å². The Morgan fingerprint density at radius 2 is 1.50 bits per heavy atom. The predicted octanol–water partition coefficient (Wildman–Crippen LogP) is 5.61. The molecule has 0 nitrogen and oxygen atoms in total. The van der Waals surface area contributed by atoms with Gasteiger partial charge in [-0.1, -0.05) is 73.2 Å². The van der Waals surface area contributed by atoms with Crippen LogP contribution in [0, 0.1) is 13.8 Å². The second-order valence-corrected chi connectivity index (χ2v) is 5.69. The zero-order valence-corrected chi connectivity index (χ0v) is 12.4. The zero-order chi connectivity index (χ0) is 14.1. The van der Waals surface area contributed by atoms with Gasteiger partial charge in [0.1, 0.15) is 0 Å². The lowest BCUT2D eigenvalue weighted by atomic mass is 9.88. The average Bonchev–Trinajstić information content (AvgIpc) is 2.46. The SMILES string of the molecule is Cc1ccc([C@H](C)c2ccc3ccccc3c2)c(C)c1. The lowest BCUT2D eigenvalue weighted by Gasteiger charge is -2.16. The summed E-state index contributed by atoms with van der Waals surface area (Å²) < 4.78 is 0. The Bertz CT molecular complexity index is 753. The third-order valence-corrected chi connectivity index (χ3v) is 4.17. The van der Waals surface area contributed by atoms with Gasteiger partial charge in [-0.25, -0.2) is 0 Å². The standard InChI is InChI=1S/C20H20/c1-14-8-11-20(15(2)12-14)16(3)18-10-9-17-6-4-5-7-19(17)13-18/h4-13,16H,1-3H3/t16-/m1/s1. The van der Waals surface area contributed by atoms with E-state index in [4.69, 9.17) is 0 Å². The first kappa shape index (κ1) is 12.9. The first-order valence-corrected chi connectivity index (χ1v) is 7.21. The van der Waals surface area contributed by atoms with Crippen molar-refractivity contribution in [1.82, 2.24) is 0 Å². The van der Waals surface area contributed by atoms with Gasteiger partial charge in [0.15, 0.2) is 0 Å². The van der Waals surface area contributed by atoms with E-state index >= 15 is 0 Å². The molecule has 0 heteroatoms. The van der Waals surface area contributed by atoms with Gasteiger partial charge in [0.25, 0.3) is 0 Å². The molecule has 0 unspecified atom stereocenters. The van der Waals surface area contributed by atoms with Gasteiger partial charge in [-0.2, -0.15) is 0 Å². The molecule has 1 atom stereocenters. The number of fused-ring (bicyclic) bond motifs is 1. The molecule has 3 aromatic carbocycles. The molecule has 0 saturated heterocycles. The molecule has 0 amide bonds. The van der Waals surface area contributed by atoms with Crippen LogP contribution >= 0.6 is 0 Å². The van der Waals surface area contributed by atoms with Crippen LogP contribution in [0.5, 0.6) is 0 Å². The Balaban J connectivity index is 2.05. The van der Waals surface area contributed by atoms with Crippen molar-refractivity contribution >= 4 is 10.8 Å². The largest absolute Gasteiger partial charge is 0.0616 e. The molecular formula is C20H20. The fourth-order valence-corrected chi connectivity index (χ4v) is 2.97. The number of rotatable bonds is 2. The fraction of sp³-hybridized carbons (Fsp3) is 0.200. The highest BCUT2D eigenvalue weighted by Crippen LogP contribution is 2.29. The molecule has 0 aliphatic carbocycles. The second kappa shape index (κ2) is 5.13. The third-order valence-electron chi connectivity index (χ3n) is 4.17. The number of aryl methyl sites for hydroxylation is 2. The molecule has 3 rings (SSSR count). The molecule has 0 N–H and O–H groups in total. The van der Waals surface area contributed by atoms with Crippen LogP contribution in [0.15, 0.2) is 60.7 Å². The summed E-state index contributed by atoms with van der Waals surface area (Å²) in [7, 11) is 0. The summed E-state index contributed by atoms with van der Waals surface area (Å²) in [5.74, 6) is 0.431. The van der Waals surface area contributed by atoms with Gasteiger partial charge < -0.3 is 0 Å². The van der Waals surface area contributed by atoms with Gasteiger partial charge in [0.05, 0.1) is 0 Å². The molecule has 0 fully saturated rings. The molecule has 20 heavy (non-hydrogen) atoms. The van der Waals surface area contributed by atoms with Gasteiger partial charge in [0.2, 0.25) is 0 Å². The Morgan fingerprint density at radius 1 is 0.750 bits per heavy atom. The molecule has 0 saturated carbocycles. The molecule has 0 spiro atoms. The third kappa shape index (κ3) is 2.34. The summed E-state index contributed by atoms with van der Waals surface area (Å²) in [6.07, 6.45) is 0. The number of hydrogen-bond donors (Lipinski definition) is 0. The first-order chi connectivity index (χ1) is 9.65. The molecule has 100 valence electrons. The number of benzene rings is 3. The molecule has 0 aliphatic rings. The highest BCUT2D eigenvalue weighted by Gasteiger charge is 2.11. The lowest BCUT2D eigenvalue weighted by molar-refractivity contribution is 0.911. The Hall–Kier alpha value is -2.08. The summed E-state index contributed by atoms with van der Waals surface area (Å²) in [5, 5.41) is 2.63. The summed E-state index contributed by atoms with van der Waals surface area (Å²) >= 11 is 0. The van der Waals surface area contributed by atoms with Crippen LogP contribution in [0.25, 0.3) is 10.8 Å². The van der Waals surface area contributed by atoms with Crippen LogP contribution < -0.4 is 0 Å². The van der Waals surface area contributed by atoms with Crippen LogP contribution in [0.4, 0.5) is 0 Å². The van der Waals surface area contributed by atoms with Crippen molar-refractivity contribution in [1.29, 1.82) is 0 Å². The summed E-state index contributed by atoms with van der Waals surface area (Å²) in [5.41, 5.74) is 5.52. The molecule has 0 aromatic heterocycles. The van der Waals surface area contributed by atoms with E-state index < -0.39 is 0 Å². The lowest BCUT2D eigenvalue weighted by Crippen LogP contribution is -1.99. The molecule has 0 radical (unpaired) electrons. The van der Waals surface area contributed by atoms with E-state index in [-0.39, 0.29) is 0 Å². The molecule has 3 aromatic rings. The number of hydrogen-bond acceptors (Lipinski definition) is 0. The van der Waals surface area contributed by atoms with E-state index in [0.717, 1.165) is 0 Å². The Morgan fingerprint density at radius 3 is 2.25 bits per heavy atom. The van der Waals surface area contributed by atoms with Gasteiger partial charge in [-0.05, 0) is 41.3 Å². The highest BCUT2D eigenvalue weighted by molar-refractivity contribution is 5.83. The minimum Gasteiger partial charge on any atom is -0.0616 e. The second-order valence-electron chi connectivity index (χ2n) is 5.69. The first-order valence-electron chi connectivity index (χ1n) is 7.21. The van der Waals surface area contributed by atoms with Crippen molar-refractivity contribution in [2.75, 3.05) is 0 Å². The molecule has 0 aliphatic heterocycles. The maximum atomic E-state index is 2.32. The van der Waals surface area contributed by atoms with Gasteiger partial charge >= 0.3 is 0 Å². The summed E-state index contributed by atoms with van der Waals surface area (Å²) in [6.45, 7) is 6.65. The Kier molecular flexibility index (Phi) is 3.31. The molecular weight excluding hydrogens is 240 g/mol. The highest BCUT2D eigenvalue weighted by atomic mass is 14.2. The molecule has 0 heterocycles. The zero-order valence-electron chi connectivity index (χ0n) is 12.4. The van der Waals surface area contributed by atoms with Crippen LogP contribution in [-0.2, 0) is 0 Å². The van der Waals surface area contributed by atoms with Crippen LogP contribution in [0.3, 0.4) is 0 Å². The van der Waals surface area contributed by atoms with Crippen molar-refractivity contribution in [3.63, 3.8) is 0 Å². The van der Waals surface area contributed by atoms with Crippen molar-refractivity contribution < 1.29 is 0 Å². The van der Waals surface area contributed by atoms with Crippen LogP contribution in [0.1, 0.15) is 35.1 Å². The van der Waals surface area contributed by atoms with E-state index in [1.165, 1.54) is 33.0 Å². The van der Waals surface area contributed by atoms with E-state index in [9.17, 15) is 0 Å². The minimum absolute atomic E-state index is 0.431. The fourth-order valence-electron chi connectivity index (χ4n) is 2.97. The maximum Gasteiger partial charge on any atom is 0.00638 e. The van der Waals surface area contributed by atoms with Crippen molar-refractivity contribution in [2.24, 2.45) is 0 Å². The topological polar surface area (TPSA) is 0 Å². The van der Waals surface area contributed by atoms with E-state index in [2.05, 4.69) is 81.4 Å². The van der Waals surface area contributed by atoms with E-state index in [1.807, 2.05) is 0 Å². The van der Waals surface area contributed by atoms with E-state index in [0.29, 0.717) is 5.92 Å². The average molecular weight is 260 g/mol. The van der Waals surface area contributed by atoms with Crippen molar-refractivity contribution in [3.05, 3.63) is 82.9 Å². The van der Waals surface area contributed by atoms with Crippen LogP contribution in [-0.4, -0.2) is 0 Å². The van der Waals surface area contributed by atoms with Crippen molar-refractivity contribution in [2.45, 2.75) is 26.7 Å². The monoisotopic (exact) mass is 260 g/mol. The quantitative estimate of drug-likeness (QED) is 0.562. The van der Waals surface area contributed by atoms with E-state index in [1.54, 1.807) is 0 Å². The van der Waals surface area contributed by atoms with Gasteiger partial charge in [-0.15, -0.1) is 0 Å².